The summed E-state index contributed by atoms with van der Waals surface area (Å²) in [4.78, 5) is 6.73. The van der Waals surface area contributed by atoms with Gasteiger partial charge in [0.1, 0.15) is 5.01 Å². The summed E-state index contributed by atoms with van der Waals surface area (Å²) in [6.07, 6.45) is 7.26. The highest BCUT2D eigenvalue weighted by molar-refractivity contribution is 7.09. The molecule has 1 aliphatic heterocycles. The molecule has 2 heterocycles. The van der Waals surface area contributed by atoms with Crippen LogP contribution in [0.15, 0.2) is 11.6 Å². The van der Waals surface area contributed by atoms with Gasteiger partial charge < -0.3 is 0 Å². The molecule has 1 aliphatic rings. The second kappa shape index (κ2) is 7.83. The Balaban J connectivity index is 0.000000245. The van der Waals surface area contributed by atoms with Gasteiger partial charge in [-0.05, 0) is 25.9 Å². The molecule has 0 spiro atoms. The summed E-state index contributed by atoms with van der Waals surface area (Å²) in [5, 5.41) is 3.30. The summed E-state index contributed by atoms with van der Waals surface area (Å²) >= 11 is 1.76. The highest BCUT2D eigenvalue weighted by Gasteiger charge is 2.12. The Labute approximate surface area is 97.3 Å². The van der Waals surface area contributed by atoms with Crippen molar-refractivity contribution in [2.45, 2.75) is 46.1 Å². The first-order chi connectivity index (χ1) is 7.36. The van der Waals surface area contributed by atoms with Gasteiger partial charge in [-0.1, -0.05) is 26.7 Å². The Kier molecular flexibility index (Phi) is 6.60. The molecular weight excluding hydrogens is 204 g/mol. The predicted octanol–water partition coefficient (Wildman–Crippen LogP) is 3.55. The summed E-state index contributed by atoms with van der Waals surface area (Å²) in [6, 6.07) is 0. The van der Waals surface area contributed by atoms with Gasteiger partial charge in [-0.3, -0.25) is 4.90 Å². The molecule has 1 aromatic rings. The minimum atomic E-state index is 1.07. The predicted molar refractivity (Wildman–Crippen MR) is 67.2 cm³/mol. The van der Waals surface area contributed by atoms with Gasteiger partial charge >= 0.3 is 0 Å². The quantitative estimate of drug-likeness (QED) is 0.783. The van der Waals surface area contributed by atoms with E-state index in [1.54, 1.807) is 11.3 Å². The third-order valence-electron chi connectivity index (χ3n) is 2.54. The second-order valence-electron chi connectivity index (χ2n) is 3.91. The highest BCUT2D eigenvalue weighted by atomic mass is 32.1. The van der Waals surface area contributed by atoms with Crippen molar-refractivity contribution in [2.75, 3.05) is 13.1 Å². The van der Waals surface area contributed by atoms with Crippen molar-refractivity contribution >= 4 is 11.3 Å². The Morgan fingerprint density at radius 3 is 2.40 bits per heavy atom. The molecule has 0 atom stereocenters. The van der Waals surface area contributed by atoms with Gasteiger partial charge in [0.15, 0.2) is 0 Å². The molecule has 1 fully saturated rings. The van der Waals surface area contributed by atoms with Gasteiger partial charge in [-0.25, -0.2) is 4.98 Å². The van der Waals surface area contributed by atoms with Crippen LogP contribution in [0.5, 0.6) is 0 Å². The van der Waals surface area contributed by atoms with E-state index in [9.17, 15) is 0 Å². The molecule has 0 N–H and O–H groups in total. The summed E-state index contributed by atoms with van der Waals surface area (Å²) in [7, 11) is 0. The molecular formula is C12H22N2S. The summed E-state index contributed by atoms with van der Waals surface area (Å²) < 4.78 is 0. The topological polar surface area (TPSA) is 16.1 Å². The molecule has 86 valence electrons. The normalized spacial score (nSPS) is 16.1. The Morgan fingerprint density at radius 1 is 1.27 bits per heavy atom. The maximum absolute atomic E-state index is 4.26. The Bertz CT molecular complexity index is 226. The first-order valence-corrected chi connectivity index (χ1v) is 6.85. The van der Waals surface area contributed by atoms with Gasteiger partial charge in [0.05, 0.1) is 6.54 Å². The van der Waals surface area contributed by atoms with E-state index < -0.39 is 0 Å². The Morgan fingerprint density at radius 2 is 1.93 bits per heavy atom. The Hall–Kier alpha value is -0.410. The van der Waals surface area contributed by atoms with Crippen LogP contribution in [-0.2, 0) is 6.54 Å². The fourth-order valence-electron chi connectivity index (χ4n) is 1.46. The van der Waals surface area contributed by atoms with Crippen LogP contribution in [0, 0.1) is 0 Å². The van der Waals surface area contributed by atoms with Crippen LogP contribution in [0.2, 0.25) is 0 Å². The number of rotatable bonds is 3. The minimum absolute atomic E-state index is 1.07. The third-order valence-corrected chi connectivity index (χ3v) is 3.31. The van der Waals surface area contributed by atoms with Crippen LogP contribution < -0.4 is 0 Å². The van der Waals surface area contributed by atoms with E-state index >= 15 is 0 Å². The van der Waals surface area contributed by atoms with E-state index in [4.69, 9.17) is 0 Å². The molecule has 0 saturated carbocycles. The SMILES string of the molecule is CCCC.c1csc(CN2CCCC2)n1. The monoisotopic (exact) mass is 226 g/mol. The maximum atomic E-state index is 4.26. The first kappa shape index (κ1) is 12.7. The van der Waals surface area contributed by atoms with Crippen molar-refractivity contribution < 1.29 is 0 Å². The molecule has 0 unspecified atom stereocenters. The number of likely N-dealkylation sites (tertiary alicyclic amines) is 1. The van der Waals surface area contributed by atoms with Gasteiger partial charge in [0.25, 0.3) is 0 Å². The lowest BCUT2D eigenvalue weighted by molar-refractivity contribution is 0.331. The number of unbranched alkanes of at least 4 members (excludes halogenated alkanes) is 1. The molecule has 0 amide bonds. The van der Waals surface area contributed by atoms with E-state index in [-0.39, 0.29) is 0 Å². The van der Waals surface area contributed by atoms with E-state index in [2.05, 4.69) is 23.7 Å². The molecule has 3 heteroatoms. The van der Waals surface area contributed by atoms with Crippen molar-refractivity contribution in [3.8, 4) is 0 Å². The van der Waals surface area contributed by atoms with Crippen LogP contribution >= 0.6 is 11.3 Å². The molecule has 0 aromatic carbocycles. The van der Waals surface area contributed by atoms with Gasteiger partial charge in [-0.2, -0.15) is 0 Å². The smallest absolute Gasteiger partial charge is 0.107 e. The minimum Gasteiger partial charge on any atom is -0.297 e. The fourth-order valence-corrected chi connectivity index (χ4v) is 2.12. The number of aromatic nitrogens is 1. The van der Waals surface area contributed by atoms with Crippen LogP contribution in [0.4, 0.5) is 0 Å². The van der Waals surface area contributed by atoms with E-state index in [0.717, 1.165) is 6.54 Å². The number of thiazole rings is 1. The lowest BCUT2D eigenvalue weighted by atomic mass is 10.4. The van der Waals surface area contributed by atoms with Crippen LogP contribution in [0.25, 0.3) is 0 Å². The van der Waals surface area contributed by atoms with E-state index in [0.29, 0.717) is 0 Å². The molecule has 0 radical (unpaired) electrons. The van der Waals surface area contributed by atoms with Gasteiger partial charge in [0, 0.05) is 11.6 Å². The standard InChI is InChI=1S/C8H12N2S.C4H10/c1-2-5-10(4-1)7-8-9-3-6-11-8;1-3-4-2/h3,6H,1-2,4-5,7H2;3-4H2,1-2H3. The van der Waals surface area contributed by atoms with Gasteiger partial charge in [0.2, 0.25) is 0 Å². The molecule has 0 aliphatic carbocycles. The number of hydrogen-bond donors (Lipinski definition) is 0. The lowest BCUT2D eigenvalue weighted by Crippen LogP contribution is -2.17. The third kappa shape index (κ3) is 5.28. The zero-order valence-corrected chi connectivity index (χ0v) is 10.7. The summed E-state index contributed by atoms with van der Waals surface area (Å²) in [5.74, 6) is 0. The van der Waals surface area contributed by atoms with Crippen molar-refractivity contribution in [3.63, 3.8) is 0 Å². The largest absolute Gasteiger partial charge is 0.297 e. The van der Waals surface area contributed by atoms with Crippen LogP contribution in [0.3, 0.4) is 0 Å². The zero-order chi connectivity index (χ0) is 10.9. The van der Waals surface area contributed by atoms with Crippen LogP contribution in [-0.4, -0.2) is 23.0 Å². The molecule has 2 nitrogen and oxygen atoms in total. The average Bonchev–Trinajstić information content (AvgIpc) is 2.92. The molecule has 0 bridgehead atoms. The summed E-state index contributed by atoms with van der Waals surface area (Å²) in [5.41, 5.74) is 0. The van der Waals surface area contributed by atoms with E-state index in [1.807, 2.05) is 11.6 Å². The lowest BCUT2D eigenvalue weighted by Gasteiger charge is -2.11. The van der Waals surface area contributed by atoms with Crippen molar-refractivity contribution in [2.24, 2.45) is 0 Å². The van der Waals surface area contributed by atoms with Crippen molar-refractivity contribution in [3.05, 3.63) is 16.6 Å². The molecule has 1 aromatic heterocycles. The molecule has 15 heavy (non-hydrogen) atoms. The van der Waals surface area contributed by atoms with Crippen molar-refractivity contribution in [1.29, 1.82) is 0 Å². The van der Waals surface area contributed by atoms with Crippen molar-refractivity contribution in [1.82, 2.24) is 9.88 Å². The van der Waals surface area contributed by atoms with E-state index in [1.165, 1.54) is 43.8 Å². The number of hydrogen-bond acceptors (Lipinski definition) is 3. The first-order valence-electron chi connectivity index (χ1n) is 5.97. The second-order valence-corrected chi connectivity index (χ2v) is 4.89. The summed E-state index contributed by atoms with van der Waals surface area (Å²) in [6.45, 7) is 7.96. The maximum Gasteiger partial charge on any atom is 0.107 e. The molecule has 1 saturated heterocycles. The molecule has 2 rings (SSSR count). The van der Waals surface area contributed by atoms with Gasteiger partial charge in [-0.15, -0.1) is 11.3 Å². The zero-order valence-electron chi connectivity index (χ0n) is 9.91. The fraction of sp³-hybridized carbons (Fsp3) is 0.750. The average molecular weight is 226 g/mol. The highest BCUT2D eigenvalue weighted by Crippen LogP contribution is 2.13. The van der Waals surface area contributed by atoms with Crippen LogP contribution in [0.1, 0.15) is 44.5 Å². The number of nitrogens with zero attached hydrogens (tertiary/aromatic N) is 2.